The lowest BCUT2D eigenvalue weighted by molar-refractivity contribution is -0.186. The van der Waals surface area contributed by atoms with Crippen LogP contribution in [-0.2, 0) is 28.6 Å². The summed E-state index contributed by atoms with van der Waals surface area (Å²) >= 11 is 0. The van der Waals surface area contributed by atoms with Gasteiger partial charge in [-0.2, -0.15) is 0 Å². The highest BCUT2D eigenvalue weighted by molar-refractivity contribution is 5.92. The molecule has 45 heavy (non-hydrogen) atoms. The zero-order valence-corrected chi connectivity index (χ0v) is 28.8. The summed E-state index contributed by atoms with van der Waals surface area (Å²) in [5, 5.41) is 11.3. The maximum atomic E-state index is 14.9. The zero-order valence-electron chi connectivity index (χ0n) is 28.8. The van der Waals surface area contributed by atoms with E-state index >= 15 is 0 Å². The number of fused-ring (bicyclic) bond motifs is 8. The van der Waals surface area contributed by atoms with Crippen LogP contribution < -0.4 is 0 Å². The van der Waals surface area contributed by atoms with Crippen LogP contribution in [0.15, 0.2) is 11.6 Å². The zero-order chi connectivity index (χ0) is 32.5. The van der Waals surface area contributed by atoms with E-state index in [1.807, 2.05) is 0 Å². The maximum Gasteiger partial charge on any atom is 0.338 e. The van der Waals surface area contributed by atoms with Gasteiger partial charge >= 0.3 is 5.97 Å². The predicted octanol–water partition coefficient (Wildman–Crippen LogP) is 6.38. The highest BCUT2D eigenvalue weighted by atomic mass is 16.7. The summed E-state index contributed by atoms with van der Waals surface area (Å²) in [4.78, 5) is 40.9. The lowest BCUT2D eigenvalue weighted by Crippen LogP contribution is -2.63. The van der Waals surface area contributed by atoms with E-state index < -0.39 is 41.9 Å². The molecule has 0 aromatic carbocycles. The number of rotatable bonds is 4. The van der Waals surface area contributed by atoms with E-state index in [0.29, 0.717) is 30.0 Å². The van der Waals surface area contributed by atoms with E-state index in [1.54, 1.807) is 13.8 Å². The van der Waals surface area contributed by atoms with Crippen LogP contribution in [0.1, 0.15) is 120 Å². The molecule has 0 radical (unpaired) electrons. The first-order valence-corrected chi connectivity index (χ1v) is 17.9. The normalized spacial score (nSPS) is 49.3. The summed E-state index contributed by atoms with van der Waals surface area (Å²) in [6.07, 6.45) is 7.20. The standard InChI is InChI=1S/C38H56O7/c1-20(2)43-33(42)31-30-28(44-30)27(40)29(45-31)32(41)38-16-11-22-21(23(38)19-34(3,4)17-18-38)9-10-25-36(22,7)14-12-24-35(5,6)26(39)13-15-37(24,25)8/h9,20,22-25,27-31,40H,10-19H2,1-8H3. The fourth-order valence-electron chi connectivity index (χ4n) is 12.3. The minimum atomic E-state index is -1.09. The Kier molecular flexibility index (Phi) is 7.27. The summed E-state index contributed by atoms with van der Waals surface area (Å²) in [6, 6.07) is 0. The van der Waals surface area contributed by atoms with Crippen molar-refractivity contribution in [2.75, 3.05) is 0 Å². The second kappa shape index (κ2) is 10.2. The van der Waals surface area contributed by atoms with Crippen molar-refractivity contribution in [1.82, 2.24) is 0 Å². The second-order valence-corrected chi connectivity index (χ2v) is 18.3. The number of aliphatic hydroxyl groups excluding tert-OH is 1. The molecule has 0 amide bonds. The number of hydrogen-bond acceptors (Lipinski definition) is 7. The van der Waals surface area contributed by atoms with E-state index in [0.717, 1.165) is 57.8 Å². The molecular formula is C38H56O7. The van der Waals surface area contributed by atoms with Crippen LogP contribution in [0, 0.1) is 50.7 Å². The van der Waals surface area contributed by atoms with E-state index in [2.05, 4.69) is 47.6 Å². The molecule has 12 unspecified atom stereocenters. The Morgan fingerprint density at radius 1 is 0.867 bits per heavy atom. The Labute approximate surface area is 269 Å². The van der Waals surface area contributed by atoms with Crippen molar-refractivity contribution in [2.24, 2.45) is 50.7 Å². The van der Waals surface area contributed by atoms with Crippen molar-refractivity contribution in [2.45, 2.75) is 156 Å². The van der Waals surface area contributed by atoms with E-state index in [1.165, 1.54) is 5.57 Å². The fourth-order valence-corrected chi connectivity index (χ4v) is 12.3. The first-order valence-electron chi connectivity index (χ1n) is 17.9. The predicted molar refractivity (Wildman–Crippen MR) is 169 cm³/mol. The van der Waals surface area contributed by atoms with Gasteiger partial charge in [0.15, 0.2) is 11.9 Å². The Bertz CT molecular complexity index is 1310. The topological polar surface area (TPSA) is 102 Å². The Balaban J connectivity index is 1.22. The molecule has 1 N–H and O–H groups in total. The van der Waals surface area contributed by atoms with Crippen molar-refractivity contribution in [3.05, 3.63) is 11.6 Å². The Morgan fingerprint density at radius 3 is 2.31 bits per heavy atom. The maximum absolute atomic E-state index is 14.9. The van der Waals surface area contributed by atoms with E-state index in [9.17, 15) is 19.5 Å². The summed E-state index contributed by atoms with van der Waals surface area (Å²) in [5.41, 5.74) is 0.932. The molecule has 250 valence electrons. The molecule has 4 saturated carbocycles. The Hall–Kier alpha value is -1.57. The van der Waals surface area contributed by atoms with Gasteiger partial charge in [0.25, 0.3) is 0 Å². The van der Waals surface area contributed by atoms with Gasteiger partial charge in [-0.1, -0.05) is 53.2 Å². The number of allylic oxidation sites excluding steroid dienone is 2. The second-order valence-electron chi connectivity index (χ2n) is 18.3. The highest BCUT2D eigenvalue weighted by Crippen LogP contribution is 2.72. The average Bonchev–Trinajstić information content (AvgIpc) is 3.76. The minimum Gasteiger partial charge on any atom is -0.461 e. The third-order valence-electron chi connectivity index (χ3n) is 14.7. The molecule has 6 fully saturated rings. The molecular weight excluding hydrogens is 568 g/mol. The molecule has 5 aliphatic carbocycles. The van der Waals surface area contributed by atoms with Crippen molar-refractivity contribution >= 4 is 17.5 Å². The van der Waals surface area contributed by atoms with Crippen molar-refractivity contribution in [3.63, 3.8) is 0 Å². The van der Waals surface area contributed by atoms with Crippen LogP contribution in [0.5, 0.6) is 0 Å². The first-order chi connectivity index (χ1) is 21.0. The van der Waals surface area contributed by atoms with Gasteiger partial charge in [0.1, 0.15) is 30.2 Å². The largest absolute Gasteiger partial charge is 0.461 e. The van der Waals surface area contributed by atoms with Crippen LogP contribution in [0.2, 0.25) is 0 Å². The molecule has 12 atom stereocenters. The molecule has 0 bridgehead atoms. The van der Waals surface area contributed by atoms with Gasteiger partial charge in [-0.05, 0) is 112 Å². The lowest BCUT2D eigenvalue weighted by Gasteiger charge is -2.67. The number of aliphatic hydroxyl groups is 1. The number of epoxide rings is 1. The van der Waals surface area contributed by atoms with Crippen LogP contribution in [-0.4, -0.2) is 59.3 Å². The third-order valence-corrected chi connectivity index (χ3v) is 14.7. The Morgan fingerprint density at radius 2 is 1.60 bits per heavy atom. The number of ketones is 2. The molecule has 0 aromatic heterocycles. The van der Waals surface area contributed by atoms with Crippen molar-refractivity contribution in [1.29, 1.82) is 0 Å². The third kappa shape index (κ3) is 4.55. The van der Waals surface area contributed by atoms with Gasteiger partial charge in [-0.25, -0.2) is 4.79 Å². The van der Waals surface area contributed by atoms with Crippen LogP contribution in [0.3, 0.4) is 0 Å². The van der Waals surface area contributed by atoms with E-state index in [-0.39, 0.29) is 39.5 Å². The van der Waals surface area contributed by atoms with Crippen molar-refractivity contribution in [3.8, 4) is 0 Å². The molecule has 2 saturated heterocycles. The summed E-state index contributed by atoms with van der Waals surface area (Å²) in [7, 11) is 0. The SMILES string of the molecule is CC(C)OC(=O)C1OC(C(=O)C23CCC4C(=CCC5C4(C)CCC4C(C)(C)C(=O)CCC45C)C2CC(C)(C)CC3)C(O)C2OC12. The minimum absolute atomic E-state index is 0.0402. The smallest absolute Gasteiger partial charge is 0.338 e. The quantitative estimate of drug-likeness (QED) is 0.220. The monoisotopic (exact) mass is 624 g/mol. The first kappa shape index (κ1) is 32.0. The average molecular weight is 625 g/mol. The summed E-state index contributed by atoms with van der Waals surface area (Å²) < 4.78 is 17.4. The lowest BCUT2D eigenvalue weighted by atomic mass is 9.37. The number of hydrogen-bond donors (Lipinski definition) is 1. The number of Topliss-reactive ketones (excluding diaryl/α,β-unsaturated/α-hetero) is 2. The van der Waals surface area contributed by atoms with E-state index in [4.69, 9.17) is 14.2 Å². The summed E-state index contributed by atoms with van der Waals surface area (Å²) in [5.74, 6) is 1.31. The molecule has 0 spiro atoms. The van der Waals surface area contributed by atoms with Gasteiger partial charge in [-0.3, -0.25) is 9.59 Å². The van der Waals surface area contributed by atoms with Gasteiger partial charge in [-0.15, -0.1) is 0 Å². The van der Waals surface area contributed by atoms with Crippen LogP contribution in [0.25, 0.3) is 0 Å². The molecule has 7 aliphatic rings. The summed E-state index contributed by atoms with van der Waals surface area (Å²) in [6.45, 7) is 17.7. The number of carbonyl (C=O) groups excluding carboxylic acids is 3. The molecule has 0 aromatic rings. The van der Waals surface area contributed by atoms with Gasteiger partial charge in [0, 0.05) is 17.3 Å². The molecule has 7 nitrogen and oxygen atoms in total. The van der Waals surface area contributed by atoms with Gasteiger partial charge in [0.2, 0.25) is 0 Å². The van der Waals surface area contributed by atoms with Crippen LogP contribution in [0.4, 0.5) is 0 Å². The van der Waals surface area contributed by atoms with Crippen molar-refractivity contribution < 1.29 is 33.7 Å². The van der Waals surface area contributed by atoms with Crippen LogP contribution >= 0.6 is 0 Å². The number of ether oxygens (including phenoxy) is 3. The molecule has 7 rings (SSSR count). The molecule has 2 aliphatic heterocycles. The number of carbonyl (C=O) groups is 3. The molecule has 2 heterocycles. The molecule has 7 heteroatoms. The fraction of sp³-hybridized carbons (Fsp3) is 0.868. The van der Waals surface area contributed by atoms with Gasteiger partial charge < -0.3 is 19.3 Å². The number of esters is 1. The van der Waals surface area contributed by atoms with Gasteiger partial charge in [0.05, 0.1) is 6.10 Å². The highest BCUT2D eigenvalue weighted by Gasteiger charge is 2.68.